The summed E-state index contributed by atoms with van der Waals surface area (Å²) in [4.78, 5) is 0. The lowest BCUT2D eigenvalue weighted by molar-refractivity contribution is -0.144. The molecule has 0 spiro atoms. The third kappa shape index (κ3) is 2.29. The molecule has 1 aliphatic rings. The van der Waals surface area contributed by atoms with E-state index in [0.29, 0.717) is 6.10 Å². The van der Waals surface area contributed by atoms with Crippen LogP contribution in [0.5, 0.6) is 0 Å². The van der Waals surface area contributed by atoms with E-state index in [1.807, 2.05) is 13.8 Å². The van der Waals surface area contributed by atoms with Crippen molar-refractivity contribution in [2.24, 2.45) is 0 Å². The van der Waals surface area contributed by atoms with Crippen molar-refractivity contribution in [3.05, 3.63) is 0 Å². The van der Waals surface area contributed by atoms with Gasteiger partial charge in [-0.1, -0.05) is 29.5 Å². The fourth-order valence-electron chi connectivity index (χ4n) is 1.39. The highest BCUT2D eigenvalue weighted by molar-refractivity contribution is 14.1. The molecule has 0 N–H and O–H groups in total. The van der Waals surface area contributed by atoms with Crippen molar-refractivity contribution in [2.75, 3.05) is 4.43 Å². The van der Waals surface area contributed by atoms with Gasteiger partial charge in [0.25, 0.3) is 0 Å². The Morgan fingerprint density at radius 3 is 2.18 bits per heavy atom. The van der Waals surface area contributed by atoms with Gasteiger partial charge in [-0.2, -0.15) is 0 Å². The minimum Gasteiger partial charge on any atom is -0.345 e. The Balaban J connectivity index is 2.55. The van der Waals surface area contributed by atoms with Gasteiger partial charge >= 0.3 is 0 Å². The van der Waals surface area contributed by atoms with Crippen LogP contribution in [-0.4, -0.2) is 22.4 Å². The third-order valence-corrected chi connectivity index (χ3v) is 2.71. The van der Waals surface area contributed by atoms with Gasteiger partial charge in [0.15, 0.2) is 5.79 Å². The molecule has 0 aliphatic carbocycles. The molecule has 0 radical (unpaired) electrons. The molecule has 0 aromatic carbocycles. The molecule has 11 heavy (non-hydrogen) atoms. The number of alkyl halides is 1. The zero-order valence-corrected chi connectivity index (χ0v) is 9.42. The Morgan fingerprint density at radius 2 is 1.82 bits per heavy atom. The minimum atomic E-state index is -0.365. The third-order valence-electron chi connectivity index (χ3n) is 1.84. The number of hydrogen-bond donors (Lipinski definition) is 0. The van der Waals surface area contributed by atoms with Crippen molar-refractivity contribution in [2.45, 2.75) is 45.2 Å². The van der Waals surface area contributed by atoms with Gasteiger partial charge in [0.05, 0.1) is 12.2 Å². The van der Waals surface area contributed by atoms with Crippen molar-refractivity contribution in [1.29, 1.82) is 0 Å². The highest BCUT2D eigenvalue weighted by Gasteiger charge is 2.39. The Labute approximate surface area is 81.8 Å². The van der Waals surface area contributed by atoms with Gasteiger partial charge in [0.2, 0.25) is 0 Å². The molecule has 66 valence electrons. The molecule has 0 amide bonds. The molecule has 0 bridgehead atoms. The van der Waals surface area contributed by atoms with Gasteiger partial charge in [-0.25, -0.2) is 0 Å². The summed E-state index contributed by atoms with van der Waals surface area (Å²) in [7, 11) is 0. The van der Waals surface area contributed by atoms with Crippen LogP contribution in [0.1, 0.15) is 27.2 Å². The smallest absolute Gasteiger partial charge is 0.163 e. The molecule has 3 heteroatoms. The Bertz CT molecular complexity index is 122. The monoisotopic (exact) mass is 270 g/mol. The average molecular weight is 270 g/mol. The lowest BCUT2D eigenvalue weighted by Crippen LogP contribution is -2.22. The summed E-state index contributed by atoms with van der Waals surface area (Å²) in [6.07, 6.45) is 1.62. The van der Waals surface area contributed by atoms with Gasteiger partial charge < -0.3 is 9.47 Å². The van der Waals surface area contributed by atoms with Crippen molar-refractivity contribution in [1.82, 2.24) is 0 Å². The maximum absolute atomic E-state index is 5.67. The van der Waals surface area contributed by atoms with Crippen LogP contribution in [0.2, 0.25) is 0 Å². The molecule has 0 aromatic heterocycles. The summed E-state index contributed by atoms with van der Waals surface area (Å²) in [5.74, 6) is -0.365. The van der Waals surface area contributed by atoms with E-state index >= 15 is 0 Å². The van der Waals surface area contributed by atoms with E-state index in [4.69, 9.17) is 9.47 Å². The molecule has 1 fully saturated rings. The second-order valence-electron chi connectivity index (χ2n) is 3.27. The maximum atomic E-state index is 5.67. The highest BCUT2D eigenvalue weighted by atomic mass is 127. The fraction of sp³-hybridized carbons (Fsp3) is 1.00. The van der Waals surface area contributed by atoms with Crippen LogP contribution in [0.25, 0.3) is 0 Å². The predicted octanol–water partition coefficient (Wildman–Crippen LogP) is 2.35. The van der Waals surface area contributed by atoms with E-state index in [1.54, 1.807) is 0 Å². The molecule has 0 saturated carbocycles. The van der Waals surface area contributed by atoms with Crippen LogP contribution in [0.3, 0.4) is 0 Å². The summed E-state index contributed by atoms with van der Waals surface area (Å²) in [5.41, 5.74) is 0. The van der Waals surface area contributed by atoms with E-state index in [1.165, 1.54) is 0 Å². The van der Waals surface area contributed by atoms with E-state index in [9.17, 15) is 0 Å². The van der Waals surface area contributed by atoms with Crippen molar-refractivity contribution >= 4 is 22.6 Å². The van der Waals surface area contributed by atoms with Crippen LogP contribution < -0.4 is 0 Å². The Hall–Kier alpha value is 0.650. The second-order valence-corrected chi connectivity index (χ2v) is 4.16. The topological polar surface area (TPSA) is 18.5 Å². The lowest BCUT2D eigenvalue weighted by Gasteiger charge is -2.16. The summed E-state index contributed by atoms with van der Waals surface area (Å²) in [6, 6.07) is 0. The van der Waals surface area contributed by atoms with Gasteiger partial charge in [-0.15, -0.1) is 0 Å². The van der Waals surface area contributed by atoms with Gasteiger partial charge in [0.1, 0.15) is 0 Å². The molecule has 2 atom stereocenters. The standard InChI is InChI=1S/C8H15IO2/c1-4-6-7(5-9)11-8(2,3)10-6/h6-7H,4-5H2,1-3H3/t6-,7-/m1/s1. The van der Waals surface area contributed by atoms with Crippen molar-refractivity contribution in [3.8, 4) is 0 Å². The van der Waals surface area contributed by atoms with Gasteiger partial charge in [-0.3, -0.25) is 0 Å². The predicted molar refractivity (Wildman–Crippen MR) is 53.0 cm³/mol. The summed E-state index contributed by atoms with van der Waals surface area (Å²) >= 11 is 2.34. The van der Waals surface area contributed by atoms with Crippen molar-refractivity contribution < 1.29 is 9.47 Å². The first-order valence-electron chi connectivity index (χ1n) is 4.00. The molecule has 1 aliphatic heterocycles. The quantitative estimate of drug-likeness (QED) is 0.566. The van der Waals surface area contributed by atoms with E-state index in [0.717, 1.165) is 10.8 Å². The first-order valence-corrected chi connectivity index (χ1v) is 5.53. The van der Waals surface area contributed by atoms with Crippen molar-refractivity contribution in [3.63, 3.8) is 0 Å². The van der Waals surface area contributed by atoms with Crippen LogP contribution in [-0.2, 0) is 9.47 Å². The molecule has 1 saturated heterocycles. The largest absolute Gasteiger partial charge is 0.345 e. The Morgan fingerprint density at radius 1 is 1.27 bits per heavy atom. The highest BCUT2D eigenvalue weighted by Crippen LogP contribution is 2.30. The van der Waals surface area contributed by atoms with Gasteiger partial charge in [-0.05, 0) is 20.3 Å². The first-order chi connectivity index (χ1) is 5.09. The average Bonchev–Trinajstić information content (AvgIpc) is 2.25. The normalized spacial score (nSPS) is 36.0. The molecular formula is C8H15IO2. The SMILES string of the molecule is CC[C@H]1OC(C)(C)O[C@@H]1CI. The number of halogens is 1. The summed E-state index contributed by atoms with van der Waals surface area (Å²) < 4.78 is 12.4. The van der Waals surface area contributed by atoms with Crippen LogP contribution in [0.15, 0.2) is 0 Å². The molecule has 1 rings (SSSR count). The van der Waals surface area contributed by atoms with Crippen LogP contribution in [0.4, 0.5) is 0 Å². The Kier molecular flexibility index (Phi) is 3.17. The number of rotatable bonds is 2. The molecule has 2 nitrogen and oxygen atoms in total. The first kappa shape index (κ1) is 9.74. The lowest BCUT2D eigenvalue weighted by atomic mass is 10.2. The number of ether oxygens (including phenoxy) is 2. The molecular weight excluding hydrogens is 255 g/mol. The van der Waals surface area contributed by atoms with E-state index in [2.05, 4.69) is 29.5 Å². The number of hydrogen-bond acceptors (Lipinski definition) is 2. The maximum Gasteiger partial charge on any atom is 0.163 e. The van der Waals surface area contributed by atoms with Crippen LogP contribution >= 0.6 is 22.6 Å². The zero-order valence-electron chi connectivity index (χ0n) is 7.26. The summed E-state index contributed by atoms with van der Waals surface area (Å²) in [6.45, 7) is 6.08. The summed E-state index contributed by atoms with van der Waals surface area (Å²) in [5, 5.41) is 0. The van der Waals surface area contributed by atoms with Gasteiger partial charge in [0, 0.05) is 4.43 Å². The zero-order chi connectivity index (χ0) is 8.48. The van der Waals surface area contributed by atoms with Crippen LogP contribution in [0, 0.1) is 0 Å². The minimum absolute atomic E-state index is 0.288. The van der Waals surface area contributed by atoms with E-state index in [-0.39, 0.29) is 11.9 Å². The molecule has 0 unspecified atom stereocenters. The van der Waals surface area contributed by atoms with E-state index < -0.39 is 0 Å². The fourth-order valence-corrected chi connectivity index (χ4v) is 2.13. The molecule has 0 aromatic rings. The molecule has 1 heterocycles. The second kappa shape index (κ2) is 3.58.